The van der Waals surface area contributed by atoms with Crippen LogP contribution in [0.5, 0.6) is 5.75 Å². The summed E-state index contributed by atoms with van der Waals surface area (Å²) in [7, 11) is 0. The number of halogens is 5. The summed E-state index contributed by atoms with van der Waals surface area (Å²) in [5.41, 5.74) is -1.53. The molecule has 0 heterocycles. The Bertz CT molecular complexity index is 1050. The van der Waals surface area contributed by atoms with Gasteiger partial charge in [-0.3, -0.25) is 4.79 Å². The molecule has 2 unspecified atom stereocenters. The van der Waals surface area contributed by atoms with Crippen LogP contribution < -0.4 is 10.1 Å². The van der Waals surface area contributed by atoms with Crippen LogP contribution in [-0.4, -0.2) is 36.4 Å². The lowest BCUT2D eigenvalue weighted by Crippen LogP contribution is -2.45. The standard InChI is InChI=1S/C28H36F5NO5/c1-27(2,34-26(36)37-15-18-16-9-7-5-6-8-10-17(16)18)13-14-38-28(3,4)12-11-19(35)39-25-23(32)21(30)20(29)22(31)24(25)33/h5-6,16-18H,7-15H2,1-4H3,(H,34,36)/b6-5-. The van der Waals surface area contributed by atoms with Gasteiger partial charge in [0.05, 0.1) is 12.2 Å². The third-order valence-corrected chi connectivity index (χ3v) is 7.39. The van der Waals surface area contributed by atoms with Gasteiger partial charge in [0.2, 0.25) is 34.8 Å². The van der Waals surface area contributed by atoms with Crippen molar-refractivity contribution in [2.75, 3.05) is 13.2 Å². The Kier molecular flexibility index (Phi) is 10.0. The van der Waals surface area contributed by atoms with Gasteiger partial charge in [-0.25, -0.2) is 18.0 Å². The predicted molar refractivity (Wildman–Crippen MR) is 132 cm³/mol. The minimum absolute atomic E-state index is 0.0381. The number of amides is 1. The van der Waals surface area contributed by atoms with Gasteiger partial charge in [0.25, 0.3) is 0 Å². The van der Waals surface area contributed by atoms with Gasteiger partial charge in [-0.05, 0) is 84.0 Å². The Labute approximate surface area is 225 Å². The molecule has 1 N–H and O–H groups in total. The molecule has 0 radical (unpaired) electrons. The molecular weight excluding hydrogens is 525 g/mol. The predicted octanol–water partition coefficient (Wildman–Crippen LogP) is 6.75. The van der Waals surface area contributed by atoms with E-state index in [4.69, 9.17) is 9.47 Å². The molecule has 218 valence electrons. The molecule has 11 heteroatoms. The van der Waals surface area contributed by atoms with E-state index < -0.39 is 64.5 Å². The average Bonchev–Trinajstić information content (AvgIpc) is 3.49. The molecule has 39 heavy (non-hydrogen) atoms. The first-order valence-electron chi connectivity index (χ1n) is 13.2. The van der Waals surface area contributed by atoms with Gasteiger partial charge in [-0.15, -0.1) is 0 Å². The van der Waals surface area contributed by atoms with E-state index in [9.17, 15) is 31.5 Å². The number of esters is 1. The molecule has 1 aromatic carbocycles. The van der Waals surface area contributed by atoms with Crippen molar-refractivity contribution < 1.29 is 45.8 Å². The first-order valence-corrected chi connectivity index (χ1v) is 13.2. The average molecular weight is 562 g/mol. The van der Waals surface area contributed by atoms with Crippen molar-refractivity contribution in [3.63, 3.8) is 0 Å². The van der Waals surface area contributed by atoms with Crippen LogP contribution in [0.15, 0.2) is 12.2 Å². The summed E-state index contributed by atoms with van der Waals surface area (Å²) in [5, 5.41) is 2.85. The van der Waals surface area contributed by atoms with Gasteiger partial charge in [0, 0.05) is 18.6 Å². The first-order chi connectivity index (χ1) is 18.2. The molecule has 0 aliphatic heterocycles. The summed E-state index contributed by atoms with van der Waals surface area (Å²) < 4.78 is 83.0. The van der Waals surface area contributed by atoms with Gasteiger partial charge >= 0.3 is 12.1 Å². The first kappa shape index (κ1) is 30.8. The molecule has 1 fully saturated rings. The van der Waals surface area contributed by atoms with E-state index in [-0.39, 0.29) is 13.0 Å². The zero-order valence-corrected chi connectivity index (χ0v) is 22.7. The number of carbonyl (C=O) groups is 2. The van der Waals surface area contributed by atoms with Crippen LogP contribution in [0.1, 0.15) is 72.6 Å². The zero-order valence-electron chi connectivity index (χ0n) is 22.7. The number of benzene rings is 1. The van der Waals surface area contributed by atoms with Crippen LogP contribution in [-0.2, 0) is 14.3 Å². The van der Waals surface area contributed by atoms with Crippen LogP contribution >= 0.6 is 0 Å². The minimum atomic E-state index is -2.34. The second-order valence-corrected chi connectivity index (χ2v) is 11.5. The lowest BCUT2D eigenvalue weighted by Gasteiger charge is -2.30. The molecule has 3 rings (SSSR count). The molecule has 0 bridgehead atoms. The highest BCUT2D eigenvalue weighted by atomic mass is 19.2. The highest BCUT2D eigenvalue weighted by Gasteiger charge is 2.49. The van der Waals surface area contributed by atoms with Gasteiger partial charge in [0.15, 0.2) is 0 Å². The zero-order chi connectivity index (χ0) is 29.0. The number of fused-ring (bicyclic) bond motifs is 1. The monoisotopic (exact) mass is 561 g/mol. The maximum Gasteiger partial charge on any atom is 0.407 e. The van der Waals surface area contributed by atoms with Gasteiger partial charge in [-0.2, -0.15) is 8.78 Å². The van der Waals surface area contributed by atoms with Crippen molar-refractivity contribution in [3.05, 3.63) is 41.2 Å². The maximum atomic E-state index is 13.7. The van der Waals surface area contributed by atoms with Crippen molar-refractivity contribution >= 4 is 12.1 Å². The Morgan fingerprint density at radius 3 is 1.97 bits per heavy atom. The fourth-order valence-corrected chi connectivity index (χ4v) is 4.88. The summed E-state index contributed by atoms with van der Waals surface area (Å²) in [6, 6.07) is 0. The molecule has 2 aliphatic rings. The summed E-state index contributed by atoms with van der Waals surface area (Å²) >= 11 is 0. The van der Waals surface area contributed by atoms with E-state index in [0.717, 1.165) is 25.7 Å². The number of ether oxygens (including phenoxy) is 3. The largest absolute Gasteiger partial charge is 0.449 e. The topological polar surface area (TPSA) is 73.9 Å². The van der Waals surface area contributed by atoms with Crippen LogP contribution in [0.4, 0.5) is 26.7 Å². The highest BCUT2D eigenvalue weighted by molar-refractivity contribution is 5.72. The summed E-state index contributed by atoms with van der Waals surface area (Å²) in [6.07, 6.45) is 8.40. The number of nitrogens with one attached hydrogen (secondary N) is 1. The van der Waals surface area contributed by atoms with Crippen molar-refractivity contribution in [2.24, 2.45) is 17.8 Å². The number of hydrogen-bond acceptors (Lipinski definition) is 5. The number of carbonyl (C=O) groups excluding carboxylic acids is 2. The molecule has 2 aliphatic carbocycles. The Morgan fingerprint density at radius 1 is 0.872 bits per heavy atom. The van der Waals surface area contributed by atoms with Crippen LogP contribution in [0.25, 0.3) is 0 Å². The number of rotatable bonds is 11. The van der Waals surface area contributed by atoms with E-state index in [1.807, 2.05) is 13.8 Å². The molecule has 1 amide bonds. The summed E-state index contributed by atoms with van der Waals surface area (Å²) in [5.74, 6) is -12.3. The van der Waals surface area contributed by atoms with E-state index in [0.29, 0.717) is 30.8 Å². The van der Waals surface area contributed by atoms with Crippen molar-refractivity contribution in [1.82, 2.24) is 5.32 Å². The Hall–Kier alpha value is -2.69. The third-order valence-electron chi connectivity index (χ3n) is 7.39. The van der Waals surface area contributed by atoms with Gasteiger partial charge < -0.3 is 19.5 Å². The lowest BCUT2D eigenvalue weighted by molar-refractivity contribution is -0.136. The molecule has 6 nitrogen and oxygen atoms in total. The van der Waals surface area contributed by atoms with Crippen LogP contribution in [0.3, 0.4) is 0 Å². The SMILES string of the molecule is CC(C)(CCOC(C)(C)CCC(=O)Oc1c(F)c(F)c(F)c(F)c1F)NC(=O)OCC1C2CC/C=C\CCC21. The lowest BCUT2D eigenvalue weighted by atomic mass is 10.00. The fourth-order valence-electron chi connectivity index (χ4n) is 4.88. The summed E-state index contributed by atoms with van der Waals surface area (Å²) in [6.45, 7) is 7.59. The molecular formula is C28H36F5NO5. The van der Waals surface area contributed by atoms with E-state index in [1.54, 1.807) is 13.8 Å². The molecule has 1 saturated carbocycles. The molecule has 1 aromatic rings. The minimum Gasteiger partial charge on any atom is -0.449 e. The summed E-state index contributed by atoms with van der Waals surface area (Å²) in [4.78, 5) is 24.4. The van der Waals surface area contributed by atoms with E-state index >= 15 is 0 Å². The van der Waals surface area contributed by atoms with Crippen molar-refractivity contribution in [3.8, 4) is 5.75 Å². The number of allylic oxidation sites excluding steroid dienone is 2. The molecule has 2 atom stereocenters. The third kappa shape index (κ3) is 8.40. The normalized spacial score (nSPS) is 21.8. The second kappa shape index (κ2) is 12.7. The number of hydrogen-bond donors (Lipinski definition) is 1. The van der Waals surface area contributed by atoms with Crippen LogP contribution in [0.2, 0.25) is 0 Å². The highest BCUT2D eigenvalue weighted by Crippen LogP contribution is 2.52. The quantitative estimate of drug-likeness (QED) is 0.0808. The smallest absolute Gasteiger partial charge is 0.407 e. The molecule has 0 aromatic heterocycles. The number of alkyl carbamates (subject to hydrolysis) is 1. The van der Waals surface area contributed by atoms with Crippen molar-refractivity contribution in [1.29, 1.82) is 0 Å². The van der Waals surface area contributed by atoms with Gasteiger partial charge in [-0.1, -0.05) is 12.2 Å². The fraction of sp³-hybridized carbons (Fsp3) is 0.643. The van der Waals surface area contributed by atoms with Crippen molar-refractivity contribution in [2.45, 2.75) is 83.8 Å². The van der Waals surface area contributed by atoms with Crippen LogP contribution in [0, 0.1) is 46.8 Å². The Balaban J connectivity index is 1.37. The molecule has 0 saturated heterocycles. The maximum absolute atomic E-state index is 13.7. The Morgan fingerprint density at radius 2 is 1.41 bits per heavy atom. The second-order valence-electron chi connectivity index (χ2n) is 11.5. The van der Waals surface area contributed by atoms with E-state index in [1.165, 1.54) is 0 Å². The van der Waals surface area contributed by atoms with Gasteiger partial charge in [0.1, 0.15) is 0 Å². The van der Waals surface area contributed by atoms with E-state index in [2.05, 4.69) is 22.2 Å². The molecule has 0 spiro atoms.